The fraction of sp³-hybridized carbons (Fsp3) is 0.333. The molecule has 0 aliphatic heterocycles. The lowest BCUT2D eigenvalue weighted by Crippen LogP contribution is -2.28. The van der Waals surface area contributed by atoms with E-state index in [-0.39, 0.29) is 23.9 Å². The lowest BCUT2D eigenvalue weighted by Gasteiger charge is -2.09. The Bertz CT molecular complexity index is 652. The van der Waals surface area contributed by atoms with Gasteiger partial charge in [0.05, 0.1) is 17.6 Å². The Morgan fingerprint density at radius 3 is 3.00 bits per heavy atom. The molecule has 8 nitrogen and oxygen atoms in total. The summed E-state index contributed by atoms with van der Waals surface area (Å²) in [6.45, 7) is 3.60. The number of nitro groups is 1. The van der Waals surface area contributed by atoms with E-state index in [0.717, 1.165) is 0 Å². The number of esters is 1. The minimum Gasteiger partial charge on any atom is -0.464 e. The van der Waals surface area contributed by atoms with Crippen LogP contribution >= 0.6 is 0 Å². The second kappa shape index (κ2) is 5.55. The molecule has 0 aliphatic rings. The summed E-state index contributed by atoms with van der Waals surface area (Å²) < 4.78 is 10.2. The smallest absolute Gasteiger partial charge is 0.328 e. The van der Waals surface area contributed by atoms with Crippen LogP contribution in [0.5, 0.6) is 0 Å². The molecule has 2 aromatic rings. The van der Waals surface area contributed by atoms with Crippen LogP contribution in [0.1, 0.15) is 13.8 Å². The maximum Gasteiger partial charge on any atom is 0.328 e. The van der Waals surface area contributed by atoms with Crippen molar-refractivity contribution >= 4 is 28.8 Å². The van der Waals surface area contributed by atoms with Crippen molar-refractivity contribution in [2.24, 2.45) is 0 Å². The number of nitrogens with zero attached hydrogens (tertiary/aromatic N) is 2. The highest BCUT2D eigenvalue weighted by Gasteiger charge is 2.17. The Morgan fingerprint density at radius 2 is 2.35 bits per heavy atom. The molecule has 1 N–H and O–H groups in total. The van der Waals surface area contributed by atoms with Gasteiger partial charge < -0.3 is 14.5 Å². The Kier molecular flexibility index (Phi) is 3.83. The average molecular weight is 279 g/mol. The van der Waals surface area contributed by atoms with E-state index in [9.17, 15) is 14.9 Å². The molecule has 0 amide bonds. The van der Waals surface area contributed by atoms with E-state index in [2.05, 4.69) is 10.3 Å². The molecule has 0 spiro atoms. The molecule has 1 heterocycles. The van der Waals surface area contributed by atoms with E-state index >= 15 is 0 Å². The van der Waals surface area contributed by atoms with Gasteiger partial charge >= 0.3 is 5.97 Å². The first-order valence-electron chi connectivity index (χ1n) is 5.99. The summed E-state index contributed by atoms with van der Waals surface area (Å²) in [6.07, 6.45) is 0. The maximum absolute atomic E-state index is 11.5. The number of aromatic nitrogens is 1. The molecule has 0 fully saturated rings. The summed E-state index contributed by atoms with van der Waals surface area (Å²) in [4.78, 5) is 25.7. The first-order chi connectivity index (χ1) is 9.51. The van der Waals surface area contributed by atoms with Gasteiger partial charge in [0.2, 0.25) is 0 Å². The zero-order valence-electron chi connectivity index (χ0n) is 11.0. The topological polar surface area (TPSA) is 108 Å². The van der Waals surface area contributed by atoms with Crippen molar-refractivity contribution in [1.82, 2.24) is 4.98 Å². The van der Waals surface area contributed by atoms with Crippen LogP contribution in [0.15, 0.2) is 22.6 Å². The predicted molar refractivity (Wildman–Crippen MR) is 70.4 cm³/mol. The molecule has 0 saturated carbocycles. The highest BCUT2D eigenvalue weighted by Crippen LogP contribution is 2.23. The second-order valence-electron chi connectivity index (χ2n) is 4.05. The van der Waals surface area contributed by atoms with Crippen molar-refractivity contribution in [3.8, 4) is 0 Å². The SMILES string of the molecule is CCOC(=O)C(C)Nc1nc2ccc([N+](=O)[O-])cc2o1. The molecule has 1 unspecified atom stereocenters. The van der Waals surface area contributed by atoms with Crippen LogP contribution in [0, 0.1) is 10.1 Å². The molecule has 2 rings (SSSR count). The molecular formula is C12H13N3O5. The summed E-state index contributed by atoms with van der Waals surface area (Å²) in [6, 6.07) is 3.59. The number of carbonyl (C=O) groups is 1. The molecule has 1 aromatic carbocycles. The maximum atomic E-state index is 11.5. The molecular weight excluding hydrogens is 266 g/mol. The monoisotopic (exact) mass is 279 g/mol. The summed E-state index contributed by atoms with van der Waals surface area (Å²) >= 11 is 0. The number of fused-ring (bicyclic) bond motifs is 1. The lowest BCUT2D eigenvalue weighted by atomic mass is 10.3. The molecule has 1 atom stereocenters. The van der Waals surface area contributed by atoms with Gasteiger partial charge in [0.1, 0.15) is 11.6 Å². The van der Waals surface area contributed by atoms with E-state index in [1.807, 2.05) is 0 Å². The van der Waals surface area contributed by atoms with Gasteiger partial charge in [0, 0.05) is 6.07 Å². The summed E-state index contributed by atoms with van der Waals surface area (Å²) in [5, 5.41) is 13.4. The molecule has 0 bridgehead atoms. The van der Waals surface area contributed by atoms with Crippen molar-refractivity contribution in [2.75, 3.05) is 11.9 Å². The van der Waals surface area contributed by atoms with Gasteiger partial charge in [-0.25, -0.2) is 4.79 Å². The fourth-order valence-electron chi connectivity index (χ4n) is 1.60. The van der Waals surface area contributed by atoms with Crippen molar-refractivity contribution in [1.29, 1.82) is 0 Å². The number of rotatable bonds is 5. The van der Waals surface area contributed by atoms with Gasteiger partial charge in [-0.2, -0.15) is 4.98 Å². The quantitative estimate of drug-likeness (QED) is 0.507. The summed E-state index contributed by atoms with van der Waals surface area (Å²) in [7, 11) is 0. The zero-order chi connectivity index (χ0) is 14.7. The number of hydrogen-bond acceptors (Lipinski definition) is 7. The van der Waals surface area contributed by atoms with Crippen LogP contribution in [-0.4, -0.2) is 28.5 Å². The first-order valence-corrected chi connectivity index (χ1v) is 5.99. The summed E-state index contributed by atoms with van der Waals surface area (Å²) in [5.74, 6) is -0.430. The van der Waals surface area contributed by atoms with Gasteiger partial charge in [0.25, 0.3) is 11.7 Å². The lowest BCUT2D eigenvalue weighted by molar-refractivity contribution is -0.384. The number of nitro benzene ring substituents is 1. The molecule has 0 aliphatic carbocycles. The van der Waals surface area contributed by atoms with E-state index in [1.165, 1.54) is 18.2 Å². The molecule has 106 valence electrons. The number of nitrogens with one attached hydrogen (secondary N) is 1. The van der Waals surface area contributed by atoms with Crippen molar-refractivity contribution in [3.63, 3.8) is 0 Å². The third kappa shape index (κ3) is 2.85. The Balaban J connectivity index is 2.19. The number of ether oxygens (including phenoxy) is 1. The molecule has 20 heavy (non-hydrogen) atoms. The van der Waals surface area contributed by atoms with Gasteiger partial charge in [-0.3, -0.25) is 10.1 Å². The largest absolute Gasteiger partial charge is 0.464 e. The van der Waals surface area contributed by atoms with E-state index in [0.29, 0.717) is 5.52 Å². The number of non-ortho nitro benzene ring substituents is 1. The minimum absolute atomic E-state index is 0.0846. The van der Waals surface area contributed by atoms with Crippen LogP contribution < -0.4 is 5.32 Å². The van der Waals surface area contributed by atoms with Crippen LogP contribution in [0.3, 0.4) is 0 Å². The highest BCUT2D eigenvalue weighted by atomic mass is 16.6. The summed E-state index contributed by atoms with van der Waals surface area (Å²) in [5.41, 5.74) is 0.658. The molecule has 8 heteroatoms. The van der Waals surface area contributed by atoms with Crippen molar-refractivity contribution in [2.45, 2.75) is 19.9 Å². The van der Waals surface area contributed by atoms with Gasteiger partial charge in [-0.05, 0) is 19.9 Å². The zero-order valence-corrected chi connectivity index (χ0v) is 11.0. The Hall–Kier alpha value is -2.64. The van der Waals surface area contributed by atoms with Crippen LogP contribution in [0.2, 0.25) is 0 Å². The van der Waals surface area contributed by atoms with E-state index < -0.39 is 16.9 Å². The van der Waals surface area contributed by atoms with Crippen LogP contribution in [0.4, 0.5) is 11.7 Å². The molecule has 0 radical (unpaired) electrons. The van der Waals surface area contributed by atoms with Gasteiger partial charge in [0.15, 0.2) is 5.58 Å². The van der Waals surface area contributed by atoms with Gasteiger partial charge in [-0.1, -0.05) is 0 Å². The standard InChI is InChI=1S/C12H13N3O5/c1-3-19-11(16)7(2)13-12-14-9-5-4-8(15(17)18)6-10(9)20-12/h4-7H,3H2,1-2H3,(H,13,14). The third-order valence-electron chi connectivity index (χ3n) is 2.56. The molecule has 1 aromatic heterocycles. The number of anilines is 1. The highest BCUT2D eigenvalue weighted by molar-refractivity contribution is 5.80. The number of hydrogen-bond donors (Lipinski definition) is 1. The minimum atomic E-state index is -0.627. The Labute approximate surface area is 113 Å². The third-order valence-corrected chi connectivity index (χ3v) is 2.56. The second-order valence-corrected chi connectivity index (χ2v) is 4.05. The van der Waals surface area contributed by atoms with E-state index in [4.69, 9.17) is 9.15 Å². The van der Waals surface area contributed by atoms with Crippen LogP contribution in [-0.2, 0) is 9.53 Å². The van der Waals surface area contributed by atoms with E-state index in [1.54, 1.807) is 13.8 Å². The van der Waals surface area contributed by atoms with Crippen LogP contribution in [0.25, 0.3) is 11.1 Å². The number of carbonyl (C=O) groups excluding carboxylic acids is 1. The van der Waals surface area contributed by atoms with Crippen molar-refractivity contribution in [3.05, 3.63) is 28.3 Å². The fourth-order valence-corrected chi connectivity index (χ4v) is 1.60. The first kappa shape index (κ1) is 13.8. The van der Waals surface area contributed by atoms with Gasteiger partial charge in [-0.15, -0.1) is 0 Å². The normalized spacial score (nSPS) is 12.1. The number of benzene rings is 1. The predicted octanol–water partition coefficient (Wildman–Crippen LogP) is 2.10. The molecule has 0 saturated heterocycles. The number of oxazole rings is 1. The average Bonchev–Trinajstić information content (AvgIpc) is 2.79. The Morgan fingerprint density at radius 1 is 1.60 bits per heavy atom. The van der Waals surface area contributed by atoms with Crippen molar-refractivity contribution < 1.29 is 18.9 Å².